The fourth-order valence-corrected chi connectivity index (χ4v) is 7.98. The first-order valence-corrected chi connectivity index (χ1v) is 16.6. The number of nitrogens with zero attached hydrogens (tertiary/aromatic N) is 3. The predicted octanol–water partition coefficient (Wildman–Crippen LogP) is 3.69. The van der Waals surface area contributed by atoms with Crippen LogP contribution < -0.4 is 23.1 Å². The van der Waals surface area contributed by atoms with Crippen LogP contribution in [0.5, 0.6) is 34.5 Å². The SMILES string of the molecule is C=CCOC(=O)N1[C@@H]2c3c(cc(OS(=O)(=O)C(F)(F)F)c(OC)c3O)C[C@H]1[C@H](C#N)N1[C@@H](CO)c3c(c(OCC=C)c(C)c4c3OCO4)C[C@@H]21. The van der Waals surface area contributed by atoms with E-state index in [0.717, 1.165) is 13.2 Å². The van der Waals surface area contributed by atoms with Crippen LogP contribution in [0, 0.1) is 18.3 Å². The molecule has 268 valence electrons. The van der Waals surface area contributed by atoms with Gasteiger partial charge in [-0.1, -0.05) is 25.3 Å². The first-order chi connectivity index (χ1) is 23.8. The third kappa shape index (κ3) is 5.22. The molecule has 0 saturated carbocycles. The van der Waals surface area contributed by atoms with Crippen LogP contribution in [0.2, 0.25) is 0 Å². The van der Waals surface area contributed by atoms with E-state index in [9.17, 15) is 41.9 Å². The molecule has 2 N–H and O–H groups in total. The van der Waals surface area contributed by atoms with Gasteiger partial charge in [0.15, 0.2) is 23.0 Å². The van der Waals surface area contributed by atoms with Gasteiger partial charge in [0.1, 0.15) is 25.0 Å². The van der Waals surface area contributed by atoms with Crippen LogP contribution in [-0.4, -0.2) is 91.9 Å². The largest absolute Gasteiger partial charge is 0.534 e. The topological polar surface area (TPSA) is 177 Å². The van der Waals surface area contributed by atoms with Crippen molar-refractivity contribution in [2.75, 3.05) is 33.7 Å². The number of aromatic hydroxyl groups is 1. The molecule has 5 atom stereocenters. The number of halogens is 3. The van der Waals surface area contributed by atoms with E-state index in [-0.39, 0.29) is 44.0 Å². The number of amides is 1. The van der Waals surface area contributed by atoms with Gasteiger partial charge in [-0.05, 0) is 31.4 Å². The van der Waals surface area contributed by atoms with Crippen LogP contribution in [0.15, 0.2) is 31.4 Å². The molecule has 0 radical (unpaired) electrons. The zero-order valence-electron chi connectivity index (χ0n) is 26.7. The summed E-state index contributed by atoms with van der Waals surface area (Å²) in [6.07, 6.45) is 1.72. The molecule has 1 saturated heterocycles. The molecule has 2 aromatic rings. The van der Waals surface area contributed by atoms with Crippen LogP contribution in [0.1, 0.15) is 39.9 Å². The highest BCUT2D eigenvalue weighted by Gasteiger charge is 2.60. The Bertz CT molecular complexity index is 1910. The Kier molecular flexibility index (Phi) is 8.95. The summed E-state index contributed by atoms with van der Waals surface area (Å²) in [6, 6.07) is -2.13. The number of aliphatic hydroxyl groups excluding tert-OH is 1. The summed E-state index contributed by atoms with van der Waals surface area (Å²) in [5.74, 6) is -1.35. The number of piperazine rings is 1. The molecule has 1 amide bonds. The van der Waals surface area contributed by atoms with Crippen molar-refractivity contribution in [3.63, 3.8) is 0 Å². The Balaban J connectivity index is 1.61. The Hall–Kier alpha value is -4.86. The maximum absolute atomic E-state index is 13.8. The van der Waals surface area contributed by atoms with Crippen molar-refractivity contribution < 1.29 is 64.5 Å². The van der Waals surface area contributed by atoms with Crippen molar-refractivity contribution in [1.29, 1.82) is 5.26 Å². The Morgan fingerprint density at radius 2 is 1.84 bits per heavy atom. The van der Waals surface area contributed by atoms with E-state index in [2.05, 4.69) is 23.4 Å². The summed E-state index contributed by atoms with van der Waals surface area (Å²) in [5.41, 5.74) is -4.08. The summed E-state index contributed by atoms with van der Waals surface area (Å²) in [4.78, 5) is 16.8. The number of rotatable bonds is 9. The number of carbonyl (C=O) groups is 1. The molecule has 0 aliphatic carbocycles. The number of methoxy groups -OCH3 is 1. The Morgan fingerprint density at radius 3 is 2.46 bits per heavy atom. The van der Waals surface area contributed by atoms with Crippen molar-refractivity contribution in [2.45, 2.75) is 55.5 Å². The summed E-state index contributed by atoms with van der Waals surface area (Å²) in [6.45, 7) is 8.26. The number of phenolic OH excluding ortho intramolecular Hbond substituents is 1. The van der Waals surface area contributed by atoms with Gasteiger partial charge in [-0.3, -0.25) is 9.80 Å². The van der Waals surface area contributed by atoms with Crippen molar-refractivity contribution in [2.24, 2.45) is 0 Å². The van der Waals surface area contributed by atoms with Crippen molar-refractivity contribution in [3.8, 4) is 40.6 Å². The number of hydrogen-bond acceptors (Lipinski definition) is 13. The van der Waals surface area contributed by atoms with Crippen molar-refractivity contribution in [1.82, 2.24) is 9.80 Å². The van der Waals surface area contributed by atoms with Crippen LogP contribution in [0.3, 0.4) is 0 Å². The van der Waals surface area contributed by atoms with E-state index in [0.29, 0.717) is 33.9 Å². The number of nitriles is 1. The molecule has 4 heterocycles. The summed E-state index contributed by atoms with van der Waals surface area (Å²) >= 11 is 0. The fraction of sp³-hybridized carbons (Fsp3) is 0.438. The van der Waals surface area contributed by atoms with E-state index < -0.39 is 75.8 Å². The monoisotopic (exact) mass is 723 g/mol. The maximum Gasteiger partial charge on any atom is 0.534 e. The summed E-state index contributed by atoms with van der Waals surface area (Å²) in [7, 11) is -5.21. The lowest BCUT2D eigenvalue weighted by Gasteiger charge is -2.59. The van der Waals surface area contributed by atoms with Crippen molar-refractivity contribution >= 4 is 16.2 Å². The fourth-order valence-electron chi connectivity index (χ4n) is 7.53. The Morgan fingerprint density at radius 1 is 1.14 bits per heavy atom. The lowest BCUT2D eigenvalue weighted by molar-refractivity contribution is -0.0841. The highest BCUT2D eigenvalue weighted by atomic mass is 32.2. The molecule has 14 nitrogen and oxygen atoms in total. The Labute approximate surface area is 284 Å². The van der Waals surface area contributed by atoms with Crippen LogP contribution in [0.4, 0.5) is 18.0 Å². The van der Waals surface area contributed by atoms with E-state index >= 15 is 0 Å². The zero-order chi connectivity index (χ0) is 36.3. The summed E-state index contributed by atoms with van der Waals surface area (Å²) < 4.78 is 96.9. The predicted molar refractivity (Wildman–Crippen MR) is 165 cm³/mol. The number of fused-ring (bicyclic) bond motifs is 9. The minimum absolute atomic E-state index is 0.0111. The van der Waals surface area contributed by atoms with E-state index in [1.807, 2.05) is 0 Å². The van der Waals surface area contributed by atoms with Gasteiger partial charge in [-0.2, -0.15) is 26.9 Å². The van der Waals surface area contributed by atoms with Crippen LogP contribution in [0.25, 0.3) is 0 Å². The molecule has 18 heteroatoms. The lowest BCUT2D eigenvalue weighted by atomic mass is 9.72. The second-order valence-electron chi connectivity index (χ2n) is 11.8. The molecule has 50 heavy (non-hydrogen) atoms. The van der Waals surface area contributed by atoms with E-state index in [4.69, 9.17) is 23.7 Å². The van der Waals surface area contributed by atoms with E-state index in [1.54, 1.807) is 11.8 Å². The molecular formula is C32H32F3N3O11S. The zero-order valence-corrected chi connectivity index (χ0v) is 27.5. The quantitative estimate of drug-likeness (QED) is 0.218. The molecular weight excluding hydrogens is 691 g/mol. The van der Waals surface area contributed by atoms with Gasteiger partial charge in [0, 0.05) is 28.3 Å². The van der Waals surface area contributed by atoms with Crippen LogP contribution >= 0.6 is 0 Å². The van der Waals surface area contributed by atoms with Gasteiger partial charge in [-0.15, -0.1) is 0 Å². The van der Waals surface area contributed by atoms with Crippen molar-refractivity contribution in [3.05, 3.63) is 59.2 Å². The lowest BCUT2D eigenvalue weighted by Crippen LogP contribution is -2.70. The van der Waals surface area contributed by atoms with Gasteiger partial charge in [-0.25, -0.2) is 4.79 Å². The number of benzene rings is 2. The normalized spacial score (nSPS) is 23.5. The number of ether oxygens (including phenoxy) is 5. The second kappa shape index (κ2) is 12.8. The molecule has 0 aromatic heterocycles. The molecule has 0 spiro atoms. The first-order valence-electron chi connectivity index (χ1n) is 15.2. The highest BCUT2D eigenvalue weighted by Crippen LogP contribution is 2.59. The second-order valence-corrected chi connectivity index (χ2v) is 13.3. The van der Waals surface area contributed by atoms with Gasteiger partial charge in [0.2, 0.25) is 12.5 Å². The number of hydrogen-bond donors (Lipinski definition) is 2. The molecule has 2 aromatic carbocycles. The minimum Gasteiger partial charge on any atom is -0.504 e. The summed E-state index contributed by atoms with van der Waals surface area (Å²) in [5, 5.41) is 33.4. The molecule has 4 aliphatic rings. The standard InChI is InChI=1S/C32H32F3N3O11S/c1-5-7-45-27-15(3)28-30(48-14-47-28)24-17(27)11-19-25-23-16(10-22(29(44-4)26(23)40)49-50(42,43)32(33,34)35)9-18(38(25)31(41)46-8-6-2)20(12-36)37(19)21(24)13-39/h5-6,10,18-21,25,39-40H,1-2,7-9,11,13-14H2,3-4H3/t18-,19-,20-,21-,25-/m0/s1. The van der Waals surface area contributed by atoms with E-state index in [1.165, 1.54) is 17.1 Å². The molecule has 4 aliphatic heterocycles. The van der Waals surface area contributed by atoms with Gasteiger partial charge >= 0.3 is 21.7 Å². The van der Waals surface area contributed by atoms with Gasteiger partial charge in [0.25, 0.3) is 0 Å². The van der Waals surface area contributed by atoms with Gasteiger partial charge in [0.05, 0.1) is 37.9 Å². The molecule has 0 unspecified atom stereocenters. The average Bonchev–Trinajstić information content (AvgIpc) is 3.56. The number of alkyl halides is 3. The molecule has 6 rings (SSSR count). The minimum atomic E-state index is -6.20. The highest BCUT2D eigenvalue weighted by molar-refractivity contribution is 7.88. The molecule has 1 fully saturated rings. The number of carbonyl (C=O) groups excluding carboxylic acids is 1. The average molecular weight is 724 g/mol. The maximum atomic E-state index is 13.8. The van der Waals surface area contributed by atoms with Gasteiger partial charge < -0.3 is 38.1 Å². The number of aliphatic hydroxyl groups is 1. The van der Waals surface area contributed by atoms with Crippen LogP contribution in [-0.2, 0) is 27.7 Å². The third-order valence-electron chi connectivity index (χ3n) is 9.28. The first kappa shape index (κ1) is 35.0. The third-order valence-corrected chi connectivity index (χ3v) is 10.2. The number of phenols is 1. The smallest absolute Gasteiger partial charge is 0.504 e. The molecule has 2 bridgehead atoms.